The van der Waals surface area contributed by atoms with E-state index in [0.717, 1.165) is 63.3 Å². The van der Waals surface area contributed by atoms with E-state index in [1.807, 2.05) is 44.2 Å². The van der Waals surface area contributed by atoms with E-state index in [0.29, 0.717) is 36.4 Å². The van der Waals surface area contributed by atoms with Gasteiger partial charge in [-0.15, -0.1) is 0 Å². The summed E-state index contributed by atoms with van der Waals surface area (Å²) in [5.74, 6) is 1.08. The SMILES string of the molecule is Cc1ccc(N(Cc2ccc3c4c(c(Cl)nc3c2)COC4)C(=O)c2cnc(C3CC3)nc2)c(C)n1. The number of pyridine rings is 2. The van der Waals surface area contributed by atoms with Crippen LogP contribution < -0.4 is 4.90 Å². The zero-order valence-electron chi connectivity index (χ0n) is 19.6. The highest BCUT2D eigenvalue weighted by atomic mass is 35.5. The number of ether oxygens (including phenoxy) is 1. The van der Waals surface area contributed by atoms with Crippen LogP contribution >= 0.6 is 11.6 Å². The first kappa shape index (κ1) is 22.1. The lowest BCUT2D eigenvalue weighted by molar-refractivity contribution is 0.0984. The highest BCUT2D eigenvalue weighted by Gasteiger charge is 2.28. The third kappa shape index (κ3) is 4.15. The van der Waals surface area contributed by atoms with Crippen LogP contribution in [0, 0.1) is 13.8 Å². The van der Waals surface area contributed by atoms with E-state index in [-0.39, 0.29) is 5.91 Å². The minimum atomic E-state index is -0.172. The van der Waals surface area contributed by atoms with Gasteiger partial charge < -0.3 is 9.64 Å². The molecule has 2 aliphatic rings. The third-order valence-electron chi connectivity index (χ3n) is 6.65. The van der Waals surface area contributed by atoms with Gasteiger partial charge in [0.2, 0.25) is 0 Å². The molecule has 0 atom stereocenters. The molecule has 8 heteroatoms. The number of carbonyl (C=O) groups is 1. The molecule has 35 heavy (non-hydrogen) atoms. The van der Waals surface area contributed by atoms with Crippen molar-refractivity contribution in [2.24, 2.45) is 0 Å². The van der Waals surface area contributed by atoms with Gasteiger partial charge in [0.1, 0.15) is 11.0 Å². The fraction of sp³-hybridized carbons (Fsp3) is 0.296. The number of anilines is 1. The molecule has 7 nitrogen and oxygen atoms in total. The Labute approximate surface area is 208 Å². The molecule has 1 saturated carbocycles. The van der Waals surface area contributed by atoms with Crippen LogP contribution in [-0.2, 0) is 24.5 Å². The minimum Gasteiger partial charge on any atom is -0.372 e. The normalized spacial score (nSPS) is 14.8. The van der Waals surface area contributed by atoms with Crippen molar-refractivity contribution in [3.05, 3.63) is 87.3 Å². The zero-order valence-corrected chi connectivity index (χ0v) is 20.3. The molecule has 4 aromatic rings. The molecular weight excluding hydrogens is 462 g/mol. The van der Waals surface area contributed by atoms with Gasteiger partial charge in [0.25, 0.3) is 5.91 Å². The summed E-state index contributed by atoms with van der Waals surface area (Å²) < 4.78 is 5.59. The molecule has 3 aromatic heterocycles. The van der Waals surface area contributed by atoms with Gasteiger partial charge in [-0.05, 0) is 56.0 Å². The standard InChI is InChI=1S/C27H24ClN5O2/c1-15-3-8-24(16(2)31-15)33(27(34)19-10-29-26(30-11-19)18-5-6-18)12-17-4-7-20-21-13-35-14-22(21)25(28)32-23(20)9-17/h3-4,7-11,18H,5-6,12-14H2,1-2H3. The number of amides is 1. The number of benzene rings is 1. The first-order valence-corrected chi connectivity index (χ1v) is 12.1. The van der Waals surface area contributed by atoms with Crippen molar-refractivity contribution in [3.63, 3.8) is 0 Å². The van der Waals surface area contributed by atoms with Crippen molar-refractivity contribution >= 4 is 34.1 Å². The van der Waals surface area contributed by atoms with Crippen molar-refractivity contribution in [2.45, 2.75) is 52.4 Å². The highest BCUT2D eigenvalue weighted by molar-refractivity contribution is 6.30. The van der Waals surface area contributed by atoms with Crippen LogP contribution in [-0.4, -0.2) is 25.8 Å². The van der Waals surface area contributed by atoms with E-state index >= 15 is 0 Å². The van der Waals surface area contributed by atoms with E-state index in [9.17, 15) is 4.79 Å². The number of aryl methyl sites for hydroxylation is 2. The number of halogens is 1. The van der Waals surface area contributed by atoms with Crippen molar-refractivity contribution in [1.82, 2.24) is 19.9 Å². The summed E-state index contributed by atoms with van der Waals surface area (Å²) in [4.78, 5) is 33.6. The predicted molar refractivity (Wildman–Crippen MR) is 133 cm³/mol. The smallest absolute Gasteiger partial charge is 0.261 e. The molecule has 1 aliphatic carbocycles. The van der Waals surface area contributed by atoms with Crippen LogP contribution in [0.3, 0.4) is 0 Å². The minimum absolute atomic E-state index is 0.172. The lowest BCUT2D eigenvalue weighted by atomic mass is 10.0. The molecule has 0 bridgehead atoms. The van der Waals surface area contributed by atoms with Crippen molar-refractivity contribution in [1.29, 1.82) is 0 Å². The number of hydrogen-bond acceptors (Lipinski definition) is 6. The Morgan fingerprint density at radius 3 is 2.57 bits per heavy atom. The monoisotopic (exact) mass is 485 g/mol. The molecule has 1 aromatic carbocycles. The van der Waals surface area contributed by atoms with Gasteiger partial charge in [-0.1, -0.05) is 23.7 Å². The zero-order chi connectivity index (χ0) is 24.1. The van der Waals surface area contributed by atoms with E-state index in [4.69, 9.17) is 16.3 Å². The maximum atomic E-state index is 13.7. The fourth-order valence-electron chi connectivity index (χ4n) is 4.62. The van der Waals surface area contributed by atoms with E-state index in [1.54, 1.807) is 17.3 Å². The van der Waals surface area contributed by atoms with Crippen LogP contribution in [0.1, 0.15) is 63.0 Å². The Kier molecular flexibility index (Phi) is 5.46. The van der Waals surface area contributed by atoms with Crippen LogP contribution in [0.2, 0.25) is 5.15 Å². The second-order valence-corrected chi connectivity index (χ2v) is 9.61. The third-order valence-corrected chi connectivity index (χ3v) is 6.96. The molecule has 0 radical (unpaired) electrons. The number of hydrogen-bond donors (Lipinski definition) is 0. The second kappa shape index (κ2) is 8.66. The lowest BCUT2D eigenvalue weighted by Crippen LogP contribution is -2.31. The summed E-state index contributed by atoms with van der Waals surface area (Å²) in [5, 5.41) is 1.50. The molecule has 176 valence electrons. The Bertz CT molecular complexity index is 1470. The summed E-state index contributed by atoms with van der Waals surface area (Å²) in [7, 11) is 0. The van der Waals surface area contributed by atoms with Gasteiger partial charge in [-0.2, -0.15) is 0 Å². The maximum absolute atomic E-state index is 13.7. The van der Waals surface area contributed by atoms with Crippen molar-refractivity contribution < 1.29 is 9.53 Å². The first-order valence-electron chi connectivity index (χ1n) is 11.7. The summed E-state index contributed by atoms with van der Waals surface area (Å²) in [6.45, 7) is 5.22. The number of aromatic nitrogens is 4. The molecule has 6 rings (SSSR count). The summed E-state index contributed by atoms with van der Waals surface area (Å²) in [5.41, 5.74) is 6.66. The first-order chi connectivity index (χ1) is 17.0. The average molecular weight is 486 g/mol. The van der Waals surface area contributed by atoms with Crippen LogP contribution in [0.15, 0.2) is 42.7 Å². The average Bonchev–Trinajstić information content (AvgIpc) is 3.58. The van der Waals surface area contributed by atoms with E-state index < -0.39 is 0 Å². The van der Waals surface area contributed by atoms with Crippen LogP contribution in [0.4, 0.5) is 5.69 Å². The molecule has 0 N–H and O–H groups in total. The number of nitrogens with zero attached hydrogens (tertiary/aromatic N) is 5. The number of fused-ring (bicyclic) bond motifs is 3. The molecule has 1 fully saturated rings. The number of carbonyl (C=O) groups excluding carboxylic acids is 1. The number of rotatable bonds is 5. The van der Waals surface area contributed by atoms with Gasteiger partial charge in [-0.3, -0.25) is 9.78 Å². The molecule has 0 unspecified atom stereocenters. The lowest BCUT2D eigenvalue weighted by Gasteiger charge is -2.24. The molecular formula is C27H24ClN5O2. The fourth-order valence-corrected chi connectivity index (χ4v) is 4.88. The highest BCUT2D eigenvalue weighted by Crippen LogP contribution is 2.38. The van der Waals surface area contributed by atoms with E-state index in [2.05, 4.69) is 19.9 Å². The maximum Gasteiger partial charge on any atom is 0.261 e. The summed E-state index contributed by atoms with van der Waals surface area (Å²) in [6, 6.07) is 9.91. The predicted octanol–water partition coefficient (Wildman–Crippen LogP) is 5.44. The second-order valence-electron chi connectivity index (χ2n) is 9.26. The Morgan fingerprint density at radius 1 is 1.06 bits per heavy atom. The van der Waals surface area contributed by atoms with Crippen molar-refractivity contribution in [3.8, 4) is 0 Å². The Hall–Kier alpha value is -3.42. The Morgan fingerprint density at radius 2 is 1.83 bits per heavy atom. The van der Waals surface area contributed by atoms with Gasteiger partial charge >= 0.3 is 0 Å². The quantitative estimate of drug-likeness (QED) is 0.350. The summed E-state index contributed by atoms with van der Waals surface area (Å²) in [6.07, 6.45) is 5.50. The van der Waals surface area contributed by atoms with Crippen LogP contribution in [0.25, 0.3) is 10.9 Å². The topological polar surface area (TPSA) is 81.1 Å². The van der Waals surface area contributed by atoms with E-state index in [1.165, 1.54) is 0 Å². The molecule has 4 heterocycles. The van der Waals surface area contributed by atoms with Crippen LogP contribution in [0.5, 0.6) is 0 Å². The largest absolute Gasteiger partial charge is 0.372 e. The van der Waals surface area contributed by atoms with Gasteiger partial charge in [-0.25, -0.2) is 15.0 Å². The molecule has 0 saturated heterocycles. The van der Waals surface area contributed by atoms with Gasteiger partial charge in [0.05, 0.1) is 42.2 Å². The van der Waals surface area contributed by atoms with Crippen molar-refractivity contribution in [2.75, 3.05) is 4.90 Å². The van der Waals surface area contributed by atoms with Gasteiger partial charge in [0, 0.05) is 35.0 Å². The molecule has 1 amide bonds. The Balaban J connectivity index is 1.38. The molecule has 1 aliphatic heterocycles. The van der Waals surface area contributed by atoms with Gasteiger partial charge in [0.15, 0.2) is 0 Å². The summed E-state index contributed by atoms with van der Waals surface area (Å²) >= 11 is 6.43. The molecule has 0 spiro atoms.